The van der Waals surface area contributed by atoms with Crippen molar-refractivity contribution in [2.45, 2.75) is 0 Å². The van der Waals surface area contributed by atoms with Gasteiger partial charge >= 0.3 is 12.4 Å². The first-order valence-corrected chi connectivity index (χ1v) is 0.697. The van der Waals surface area contributed by atoms with Crippen LogP contribution in [0.5, 0.6) is 0 Å². The standard InChI is InChI=1S/C2N2.ClH.Cl/c3-1-2-4;;/h;1H;/q;;+1/p-1. The minimum Gasteiger partial charge on any atom is -1.00 e. The summed E-state index contributed by atoms with van der Waals surface area (Å²) in [5.41, 5.74) is 0. The van der Waals surface area contributed by atoms with Crippen LogP contribution in [0.15, 0.2) is 0 Å². The largest absolute Gasteiger partial charge is 1.00 e. The fraction of sp³-hybridized carbons (Fsp3) is 0. The van der Waals surface area contributed by atoms with Crippen LogP contribution in [0.3, 0.4) is 0 Å². The molecule has 0 N–H and O–H groups in total. The van der Waals surface area contributed by atoms with Gasteiger partial charge in [-0.25, -0.2) is 0 Å². The number of hydrogen-bond acceptors (Lipinski definition) is 2. The van der Waals surface area contributed by atoms with Crippen LogP contribution >= 0.6 is 0 Å². The van der Waals surface area contributed by atoms with Crippen LogP contribution in [0.25, 0.3) is 0 Å². The average molecular weight is 123 g/mol. The molecule has 0 saturated heterocycles. The van der Waals surface area contributed by atoms with Gasteiger partial charge in [0, 0.05) is 0 Å². The zero-order valence-electron chi connectivity index (χ0n) is 2.65. The lowest BCUT2D eigenvalue weighted by Gasteiger charge is -1.16. The summed E-state index contributed by atoms with van der Waals surface area (Å²) in [5, 5.41) is 14.5. The second kappa shape index (κ2) is 23.7. The zero-order chi connectivity index (χ0) is 3.41. The van der Waals surface area contributed by atoms with Crippen molar-refractivity contribution in [2.75, 3.05) is 0 Å². The van der Waals surface area contributed by atoms with Crippen molar-refractivity contribution in [1.82, 2.24) is 0 Å². The molecule has 32 valence electrons. The maximum atomic E-state index is 7.26. The van der Waals surface area contributed by atoms with Crippen molar-refractivity contribution in [2.24, 2.45) is 0 Å². The molecule has 0 bridgehead atoms. The van der Waals surface area contributed by atoms with E-state index in [0.29, 0.717) is 0 Å². The topological polar surface area (TPSA) is 47.6 Å². The number of hydrogen-bond donors (Lipinski definition) is 0. The van der Waals surface area contributed by atoms with E-state index in [0.717, 1.165) is 0 Å². The van der Waals surface area contributed by atoms with Gasteiger partial charge in [-0.1, -0.05) is 0 Å². The molecule has 4 heteroatoms. The molecule has 0 rings (SSSR count). The average Bonchev–Trinajstić information content (AvgIpc) is 1.37. The molecule has 0 aromatic rings. The highest BCUT2D eigenvalue weighted by Crippen LogP contribution is 1.27. The Labute approximate surface area is 48.2 Å². The minimum absolute atomic E-state index is 0. The van der Waals surface area contributed by atoms with Crippen molar-refractivity contribution in [1.29, 1.82) is 10.5 Å². The van der Waals surface area contributed by atoms with E-state index in [-0.39, 0.29) is 24.8 Å². The van der Waals surface area contributed by atoms with Crippen LogP contribution in [0.4, 0.5) is 0 Å². The van der Waals surface area contributed by atoms with Gasteiger partial charge in [-0.3, -0.25) is 0 Å². The smallest absolute Gasteiger partial charge is 1.00 e. The molecule has 0 saturated carbocycles. The summed E-state index contributed by atoms with van der Waals surface area (Å²) < 4.78 is 0. The third-order valence-corrected chi connectivity index (χ3v) is 0.0500. The van der Waals surface area contributed by atoms with Crippen LogP contribution < -0.4 is 12.4 Å². The van der Waals surface area contributed by atoms with Crippen molar-refractivity contribution >= 4 is 0 Å². The van der Waals surface area contributed by atoms with Crippen molar-refractivity contribution < 1.29 is 24.8 Å². The summed E-state index contributed by atoms with van der Waals surface area (Å²) in [6.07, 6.45) is 0. The van der Waals surface area contributed by atoms with E-state index >= 15 is 0 Å². The van der Waals surface area contributed by atoms with Crippen LogP contribution in [0.1, 0.15) is 0 Å². The van der Waals surface area contributed by atoms with Gasteiger partial charge in [-0.15, -0.1) is 0 Å². The first kappa shape index (κ1) is 17.6. The van der Waals surface area contributed by atoms with Gasteiger partial charge in [-0.2, -0.15) is 10.5 Å². The predicted molar refractivity (Wildman–Crippen MR) is 11.2 cm³/mol. The van der Waals surface area contributed by atoms with E-state index in [2.05, 4.69) is 0 Å². The summed E-state index contributed by atoms with van der Waals surface area (Å²) in [5.74, 6) is 0. The van der Waals surface area contributed by atoms with E-state index < -0.39 is 0 Å². The highest BCUT2D eigenvalue weighted by molar-refractivity contribution is 4.99. The van der Waals surface area contributed by atoms with Crippen molar-refractivity contribution in [3.8, 4) is 12.1 Å². The van der Waals surface area contributed by atoms with Gasteiger partial charge in [0.05, 0.1) is 0 Å². The summed E-state index contributed by atoms with van der Waals surface area (Å²) in [4.78, 5) is 0. The molecule has 2 nitrogen and oxygen atoms in total. The Bertz CT molecular complexity index is 64.5. The molecule has 2 radical (unpaired) electrons. The van der Waals surface area contributed by atoms with Crippen LogP contribution in [0, 0.1) is 35.1 Å². The molecule has 0 fully saturated rings. The second-order valence-electron chi connectivity index (χ2n) is 0.224. The first-order valence-electron chi connectivity index (χ1n) is 0.697. The SMILES string of the molecule is N#CC#N.[Cl+].[Cl-]. The fourth-order valence-electron chi connectivity index (χ4n) is 0. The Morgan fingerprint density at radius 1 is 1.00 bits per heavy atom. The lowest BCUT2D eigenvalue weighted by atomic mass is 10.9. The van der Waals surface area contributed by atoms with Crippen molar-refractivity contribution in [3.05, 3.63) is 0 Å². The Morgan fingerprint density at radius 3 is 1.17 bits per heavy atom. The summed E-state index contributed by atoms with van der Waals surface area (Å²) in [6.45, 7) is 0. The Morgan fingerprint density at radius 2 is 1.17 bits per heavy atom. The maximum Gasteiger partial charge on any atom is 1.00 e. The summed E-state index contributed by atoms with van der Waals surface area (Å²) >= 11 is 0. The van der Waals surface area contributed by atoms with Crippen LogP contribution in [0.2, 0.25) is 0 Å². The van der Waals surface area contributed by atoms with E-state index in [9.17, 15) is 0 Å². The Hall–Kier alpha value is -0.440. The highest BCUT2D eigenvalue weighted by atomic mass is 35.5. The monoisotopic (exact) mass is 122 g/mol. The van der Waals surface area contributed by atoms with Crippen LogP contribution in [-0.2, 0) is 0 Å². The molecular weight excluding hydrogens is 123 g/mol. The quantitative estimate of drug-likeness (QED) is 0.345. The second-order valence-corrected chi connectivity index (χ2v) is 0.224. The Balaban J connectivity index is -0.0000000450. The lowest BCUT2D eigenvalue weighted by Crippen LogP contribution is -3.00. The van der Waals surface area contributed by atoms with E-state index in [1.54, 1.807) is 0 Å². The molecule has 6 heavy (non-hydrogen) atoms. The van der Waals surface area contributed by atoms with Gasteiger partial charge in [0.1, 0.15) is 0 Å². The molecule has 0 unspecified atom stereocenters. The van der Waals surface area contributed by atoms with Crippen molar-refractivity contribution in [3.63, 3.8) is 0 Å². The third-order valence-electron chi connectivity index (χ3n) is 0.0500. The normalized spacial score (nSPS) is 1.67. The van der Waals surface area contributed by atoms with Gasteiger partial charge in [0.2, 0.25) is 0 Å². The van der Waals surface area contributed by atoms with Gasteiger partial charge in [-0.05, 0) is 0 Å². The van der Waals surface area contributed by atoms with Gasteiger partial charge in [0.15, 0.2) is 12.1 Å². The van der Waals surface area contributed by atoms with E-state index in [1.807, 2.05) is 0 Å². The molecule has 0 spiro atoms. The van der Waals surface area contributed by atoms with E-state index in [1.165, 1.54) is 12.1 Å². The molecule has 0 heterocycles. The molecule has 0 aliphatic heterocycles. The number of rotatable bonds is 0. The summed E-state index contributed by atoms with van der Waals surface area (Å²) in [6, 6.07) is 2.47. The minimum atomic E-state index is 0. The molecule has 0 amide bonds. The maximum absolute atomic E-state index is 7.26. The number of nitriles is 2. The zero-order valence-corrected chi connectivity index (χ0v) is 4.16. The van der Waals surface area contributed by atoms with Gasteiger partial charge < -0.3 is 12.4 Å². The predicted octanol–water partition coefficient (Wildman–Crippen LogP) is -2.96. The Kier molecular flexibility index (Phi) is 69.8. The molecule has 0 aromatic heterocycles. The number of nitrogens with zero attached hydrogens (tertiary/aromatic N) is 2. The highest BCUT2D eigenvalue weighted by Gasteiger charge is 1.39. The number of halogens is 2. The molecule has 0 atom stereocenters. The first-order chi connectivity index (χ1) is 1.91. The summed E-state index contributed by atoms with van der Waals surface area (Å²) in [7, 11) is 0. The molecular formula is C2Cl2N2. The fourth-order valence-corrected chi connectivity index (χ4v) is 0. The van der Waals surface area contributed by atoms with Gasteiger partial charge in [0.25, 0.3) is 0 Å². The lowest BCUT2D eigenvalue weighted by molar-refractivity contribution is -0.00100. The molecule has 0 aliphatic rings. The van der Waals surface area contributed by atoms with Crippen LogP contribution in [-0.4, -0.2) is 0 Å². The van der Waals surface area contributed by atoms with E-state index in [4.69, 9.17) is 10.5 Å². The molecule has 0 aliphatic carbocycles. The molecule has 0 aromatic carbocycles. The third kappa shape index (κ3) is 74.4.